The number of nitrogen functional groups attached to an aromatic ring is 2. The number of carbonyl (C=O) groups is 1. The predicted octanol–water partition coefficient (Wildman–Crippen LogP) is 1.65. The lowest BCUT2D eigenvalue weighted by Gasteiger charge is -2.07. The second kappa shape index (κ2) is 5.86. The van der Waals surface area contributed by atoms with Crippen LogP contribution in [-0.2, 0) is 11.2 Å². The summed E-state index contributed by atoms with van der Waals surface area (Å²) < 4.78 is 5.15. The largest absolute Gasteiger partial charge is 0.462 e. The van der Waals surface area contributed by atoms with Crippen LogP contribution in [-0.4, -0.2) is 17.6 Å². The van der Waals surface area contributed by atoms with E-state index in [2.05, 4.69) is 4.98 Å². The molecular formula is C14H15N3O2. The van der Waals surface area contributed by atoms with E-state index < -0.39 is 5.97 Å². The minimum Gasteiger partial charge on any atom is -0.462 e. The fourth-order valence-electron chi connectivity index (χ4n) is 1.64. The highest BCUT2D eigenvalue weighted by Gasteiger charge is 2.11. The molecule has 5 nitrogen and oxygen atoms in total. The number of ether oxygens (including phenoxy) is 1. The van der Waals surface area contributed by atoms with Crippen molar-refractivity contribution in [3.8, 4) is 0 Å². The number of aromatic nitrogens is 1. The van der Waals surface area contributed by atoms with E-state index in [-0.39, 0.29) is 6.61 Å². The van der Waals surface area contributed by atoms with Crippen LogP contribution in [0.1, 0.15) is 16.1 Å². The van der Waals surface area contributed by atoms with Crippen molar-refractivity contribution < 1.29 is 9.53 Å². The molecular weight excluding hydrogens is 242 g/mol. The summed E-state index contributed by atoms with van der Waals surface area (Å²) >= 11 is 0. The van der Waals surface area contributed by atoms with Gasteiger partial charge in [-0.25, -0.2) is 4.79 Å². The molecule has 0 amide bonds. The molecule has 0 saturated heterocycles. The summed E-state index contributed by atoms with van der Waals surface area (Å²) in [6.07, 6.45) is 2.27. The lowest BCUT2D eigenvalue weighted by molar-refractivity contribution is 0.0510. The number of carbonyl (C=O) groups excluding carboxylic acids is 1. The van der Waals surface area contributed by atoms with E-state index in [9.17, 15) is 4.79 Å². The molecule has 0 fully saturated rings. The van der Waals surface area contributed by atoms with Crippen LogP contribution in [0.2, 0.25) is 0 Å². The van der Waals surface area contributed by atoms with Gasteiger partial charge < -0.3 is 16.2 Å². The zero-order valence-electron chi connectivity index (χ0n) is 10.4. The van der Waals surface area contributed by atoms with E-state index in [1.54, 1.807) is 18.3 Å². The van der Waals surface area contributed by atoms with Crippen LogP contribution in [0.5, 0.6) is 0 Å². The monoisotopic (exact) mass is 257 g/mol. The number of nitrogens with two attached hydrogens (primary N) is 2. The number of hydrogen-bond donors (Lipinski definition) is 2. The molecule has 1 heterocycles. The van der Waals surface area contributed by atoms with Crippen LogP contribution < -0.4 is 11.5 Å². The first-order valence-electron chi connectivity index (χ1n) is 5.89. The van der Waals surface area contributed by atoms with Gasteiger partial charge in [-0.2, -0.15) is 0 Å². The molecule has 0 spiro atoms. The Kier molecular flexibility index (Phi) is 3.97. The van der Waals surface area contributed by atoms with Crippen molar-refractivity contribution in [1.29, 1.82) is 0 Å². The molecule has 0 radical (unpaired) electrons. The number of rotatable bonds is 4. The van der Waals surface area contributed by atoms with Crippen LogP contribution in [0, 0.1) is 0 Å². The third-order valence-corrected chi connectivity index (χ3v) is 2.61. The first-order valence-corrected chi connectivity index (χ1v) is 5.89. The molecule has 98 valence electrons. The van der Waals surface area contributed by atoms with Gasteiger partial charge in [0.25, 0.3) is 0 Å². The van der Waals surface area contributed by atoms with Crippen LogP contribution in [0.4, 0.5) is 11.4 Å². The smallest absolute Gasteiger partial charge is 0.340 e. The molecule has 4 N–H and O–H groups in total. The van der Waals surface area contributed by atoms with Crippen molar-refractivity contribution in [3.05, 3.63) is 53.9 Å². The highest BCUT2D eigenvalue weighted by Crippen LogP contribution is 2.16. The Morgan fingerprint density at radius 2 is 2.05 bits per heavy atom. The van der Waals surface area contributed by atoms with E-state index in [0.717, 1.165) is 5.69 Å². The van der Waals surface area contributed by atoms with Crippen molar-refractivity contribution >= 4 is 17.3 Å². The maximum Gasteiger partial charge on any atom is 0.340 e. The topological polar surface area (TPSA) is 91.2 Å². The summed E-state index contributed by atoms with van der Waals surface area (Å²) in [6.45, 7) is 0.264. The molecule has 0 bridgehead atoms. The van der Waals surface area contributed by atoms with E-state index >= 15 is 0 Å². The first kappa shape index (κ1) is 12.9. The first-order chi connectivity index (χ1) is 9.16. The molecule has 2 aromatic rings. The average Bonchev–Trinajstić information content (AvgIpc) is 2.39. The fraction of sp³-hybridized carbons (Fsp3) is 0.143. The standard InChI is InChI=1S/C14H15N3O2/c15-10-4-5-12(13(16)9-10)14(18)19-8-6-11-3-1-2-7-17-11/h1-5,7,9H,6,8,15-16H2. The van der Waals surface area contributed by atoms with Gasteiger partial charge in [0, 0.05) is 29.7 Å². The Bertz CT molecular complexity index is 570. The normalized spacial score (nSPS) is 10.1. The summed E-state index contributed by atoms with van der Waals surface area (Å²) in [4.78, 5) is 15.9. The van der Waals surface area contributed by atoms with Gasteiger partial charge >= 0.3 is 5.97 Å². The minimum absolute atomic E-state index is 0.264. The van der Waals surface area contributed by atoms with E-state index in [4.69, 9.17) is 16.2 Å². The van der Waals surface area contributed by atoms with Gasteiger partial charge in [-0.05, 0) is 30.3 Å². The molecule has 0 aliphatic heterocycles. The molecule has 0 unspecified atom stereocenters. The summed E-state index contributed by atoms with van der Waals surface area (Å²) in [5, 5.41) is 0. The Labute approximate surface area is 111 Å². The third kappa shape index (κ3) is 3.45. The zero-order chi connectivity index (χ0) is 13.7. The number of hydrogen-bond acceptors (Lipinski definition) is 5. The second-order valence-electron chi connectivity index (χ2n) is 4.05. The van der Waals surface area contributed by atoms with Gasteiger partial charge in [-0.15, -0.1) is 0 Å². The lowest BCUT2D eigenvalue weighted by Crippen LogP contribution is -2.11. The molecule has 2 rings (SSSR count). The van der Waals surface area contributed by atoms with Crippen LogP contribution in [0.25, 0.3) is 0 Å². The Morgan fingerprint density at radius 3 is 2.74 bits per heavy atom. The van der Waals surface area contributed by atoms with E-state index in [0.29, 0.717) is 23.4 Å². The van der Waals surface area contributed by atoms with Gasteiger partial charge in [0.1, 0.15) is 0 Å². The van der Waals surface area contributed by atoms with E-state index in [1.807, 2.05) is 18.2 Å². The summed E-state index contributed by atoms with van der Waals surface area (Å²) in [6, 6.07) is 10.3. The molecule has 0 aliphatic rings. The van der Waals surface area contributed by atoms with Crippen molar-refractivity contribution in [2.45, 2.75) is 6.42 Å². The maximum absolute atomic E-state index is 11.8. The number of benzene rings is 1. The van der Waals surface area contributed by atoms with Crippen LogP contribution in [0.3, 0.4) is 0 Å². The number of esters is 1. The van der Waals surface area contributed by atoms with Gasteiger partial charge in [0.05, 0.1) is 12.2 Å². The Hall–Kier alpha value is -2.56. The second-order valence-corrected chi connectivity index (χ2v) is 4.05. The zero-order valence-corrected chi connectivity index (χ0v) is 10.4. The van der Waals surface area contributed by atoms with Crippen molar-refractivity contribution in [2.75, 3.05) is 18.1 Å². The van der Waals surface area contributed by atoms with Gasteiger partial charge in [-0.1, -0.05) is 6.07 Å². The van der Waals surface area contributed by atoms with E-state index in [1.165, 1.54) is 6.07 Å². The molecule has 0 saturated carbocycles. The van der Waals surface area contributed by atoms with Crippen LogP contribution in [0.15, 0.2) is 42.6 Å². The number of pyridine rings is 1. The van der Waals surface area contributed by atoms with Gasteiger partial charge in [0.15, 0.2) is 0 Å². The molecule has 0 aliphatic carbocycles. The number of anilines is 2. The predicted molar refractivity (Wildman–Crippen MR) is 73.5 cm³/mol. The van der Waals surface area contributed by atoms with Gasteiger partial charge in [0.2, 0.25) is 0 Å². The van der Waals surface area contributed by atoms with Crippen molar-refractivity contribution in [1.82, 2.24) is 4.98 Å². The lowest BCUT2D eigenvalue weighted by atomic mass is 10.1. The molecule has 19 heavy (non-hydrogen) atoms. The van der Waals surface area contributed by atoms with Crippen LogP contribution >= 0.6 is 0 Å². The Morgan fingerprint density at radius 1 is 1.21 bits per heavy atom. The molecule has 0 atom stereocenters. The summed E-state index contributed by atoms with van der Waals surface area (Å²) in [5.41, 5.74) is 13.3. The van der Waals surface area contributed by atoms with Crippen molar-refractivity contribution in [3.63, 3.8) is 0 Å². The summed E-state index contributed by atoms with van der Waals surface area (Å²) in [5.74, 6) is -0.451. The maximum atomic E-state index is 11.8. The average molecular weight is 257 g/mol. The van der Waals surface area contributed by atoms with Gasteiger partial charge in [-0.3, -0.25) is 4.98 Å². The molecule has 1 aromatic heterocycles. The fourth-order valence-corrected chi connectivity index (χ4v) is 1.64. The third-order valence-electron chi connectivity index (χ3n) is 2.61. The number of nitrogens with zero attached hydrogens (tertiary/aromatic N) is 1. The Balaban J connectivity index is 1.91. The minimum atomic E-state index is -0.451. The molecule has 5 heteroatoms. The molecule has 1 aromatic carbocycles. The SMILES string of the molecule is Nc1ccc(C(=O)OCCc2ccccn2)c(N)c1. The van der Waals surface area contributed by atoms with Crippen molar-refractivity contribution in [2.24, 2.45) is 0 Å². The summed E-state index contributed by atoms with van der Waals surface area (Å²) in [7, 11) is 0. The quantitative estimate of drug-likeness (QED) is 0.642. The highest BCUT2D eigenvalue weighted by atomic mass is 16.5. The highest BCUT2D eigenvalue weighted by molar-refractivity contribution is 5.95.